The van der Waals surface area contributed by atoms with Gasteiger partial charge in [0.05, 0.1) is 35.8 Å². The third-order valence-electron chi connectivity index (χ3n) is 9.22. The first kappa shape index (κ1) is 33.6. The molecule has 3 aliphatic rings. The lowest BCUT2D eigenvalue weighted by Gasteiger charge is -2.39. The number of fused-ring (bicyclic) bond motifs is 1. The molecular formula is C33H46BrN3O5S. The van der Waals surface area contributed by atoms with E-state index in [4.69, 9.17) is 4.74 Å². The molecule has 236 valence electrons. The monoisotopic (exact) mass is 675 g/mol. The number of benzene rings is 1. The van der Waals surface area contributed by atoms with Gasteiger partial charge in [-0.05, 0) is 70.2 Å². The topological polar surface area (TPSA) is 90.4 Å². The minimum atomic E-state index is -0.843. The van der Waals surface area contributed by atoms with Crippen molar-refractivity contribution in [1.82, 2.24) is 4.90 Å². The van der Waals surface area contributed by atoms with E-state index in [-0.39, 0.29) is 41.0 Å². The summed E-state index contributed by atoms with van der Waals surface area (Å²) in [6.45, 7) is 15.8. The first-order valence-electron chi connectivity index (χ1n) is 15.5. The second-order valence-corrected chi connectivity index (χ2v) is 14.2. The fourth-order valence-corrected chi connectivity index (χ4v) is 10.7. The Bertz CT molecular complexity index is 1170. The fourth-order valence-electron chi connectivity index (χ4n) is 7.11. The summed E-state index contributed by atoms with van der Waals surface area (Å²) in [7, 11) is 0. The highest BCUT2D eigenvalue weighted by molar-refractivity contribution is 9.09. The Morgan fingerprint density at radius 3 is 2.42 bits per heavy atom. The molecule has 3 aliphatic heterocycles. The van der Waals surface area contributed by atoms with Crippen LogP contribution in [0.15, 0.2) is 49.6 Å². The van der Waals surface area contributed by atoms with Gasteiger partial charge in [-0.2, -0.15) is 0 Å². The van der Waals surface area contributed by atoms with Crippen LogP contribution in [0.4, 0.5) is 11.4 Å². The Morgan fingerprint density at radius 1 is 1.16 bits per heavy atom. The van der Waals surface area contributed by atoms with Crippen LogP contribution in [0, 0.1) is 11.8 Å². The Morgan fingerprint density at radius 2 is 1.84 bits per heavy atom. The number of amides is 2. The summed E-state index contributed by atoms with van der Waals surface area (Å²) in [5, 5.41) is 10.2. The van der Waals surface area contributed by atoms with Crippen LogP contribution in [0.1, 0.15) is 52.9 Å². The van der Waals surface area contributed by atoms with Crippen molar-refractivity contribution in [2.45, 2.75) is 79.8 Å². The van der Waals surface area contributed by atoms with Gasteiger partial charge in [0.15, 0.2) is 0 Å². The molecule has 2 bridgehead atoms. The van der Waals surface area contributed by atoms with Crippen LogP contribution in [0.5, 0.6) is 0 Å². The number of anilines is 2. The number of esters is 1. The number of likely N-dealkylation sites (tertiary alicyclic amines) is 1. The predicted octanol–water partition coefficient (Wildman–Crippen LogP) is 5.19. The number of halogens is 1. The second kappa shape index (κ2) is 14.7. The molecule has 3 heterocycles. The van der Waals surface area contributed by atoms with Crippen molar-refractivity contribution in [2.75, 3.05) is 42.6 Å². The molecule has 0 radical (unpaired) electrons. The number of thioether (sulfide) groups is 1. The van der Waals surface area contributed by atoms with Crippen molar-refractivity contribution in [3.63, 3.8) is 0 Å². The molecule has 0 aliphatic carbocycles. The van der Waals surface area contributed by atoms with Gasteiger partial charge in [0.25, 0.3) is 5.91 Å². The largest absolute Gasteiger partial charge is 0.465 e. The third kappa shape index (κ3) is 6.16. The lowest BCUT2D eigenvalue weighted by Crippen LogP contribution is -2.58. The fraction of sp³-hybridized carbons (Fsp3) is 0.606. The van der Waals surface area contributed by atoms with Gasteiger partial charge in [-0.3, -0.25) is 14.4 Å². The van der Waals surface area contributed by atoms with Crippen LogP contribution in [-0.2, 0) is 19.1 Å². The number of nitrogens with zero attached hydrogens (tertiary/aromatic N) is 3. The quantitative estimate of drug-likeness (QED) is 0.112. The van der Waals surface area contributed by atoms with Gasteiger partial charge < -0.3 is 24.5 Å². The maximum atomic E-state index is 14.8. The van der Waals surface area contributed by atoms with Gasteiger partial charge in [-0.25, -0.2) is 0 Å². The lowest BCUT2D eigenvalue weighted by molar-refractivity contribution is -0.154. The van der Waals surface area contributed by atoms with Gasteiger partial charge in [0, 0.05) is 41.1 Å². The maximum Gasteiger partial charge on any atom is 0.310 e. The summed E-state index contributed by atoms with van der Waals surface area (Å²) in [6, 6.07) is 6.52. The van der Waals surface area contributed by atoms with Crippen molar-refractivity contribution < 1.29 is 24.2 Å². The molecule has 7 atom stereocenters. The average Bonchev–Trinajstić information content (AvgIpc) is 3.60. The van der Waals surface area contributed by atoms with Crippen molar-refractivity contribution >= 4 is 56.9 Å². The second-order valence-electron chi connectivity index (χ2n) is 11.5. The summed E-state index contributed by atoms with van der Waals surface area (Å²) in [5.41, 5.74) is 1.79. The van der Waals surface area contributed by atoms with Crippen LogP contribution >= 0.6 is 27.7 Å². The molecule has 4 rings (SSSR count). The molecule has 1 aromatic carbocycles. The van der Waals surface area contributed by atoms with Crippen LogP contribution in [0.25, 0.3) is 0 Å². The van der Waals surface area contributed by atoms with Gasteiger partial charge in [-0.1, -0.05) is 35.0 Å². The molecule has 1 N–H and O–H groups in total. The summed E-state index contributed by atoms with van der Waals surface area (Å²) in [4.78, 5) is 48.2. The molecular weight excluding hydrogens is 630 g/mol. The molecule has 10 heteroatoms. The average molecular weight is 677 g/mol. The first-order chi connectivity index (χ1) is 20.7. The van der Waals surface area contributed by atoms with E-state index < -0.39 is 28.7 Å². The standard InChI is InChI=1S/C33H46BrN3O5S/c1-6-11-12-13-19-42-32(41)26-27-30(39)37(22(8-3)21-38)29(33(27)20-25(34)28(26)43-33)31(40)36(18-7-2)24-16-14-23(15-17-24)35(9-4)10-5/h6-7,14-17,22,25-29,38H,1-2,8-13,18-21H2,3-5H3/t22-,25?,26-,27-,28-,29?,33?/m0/s1. The van der Waals surface area contributed by atoms with Crippen LogP contribution in [0.2, 0.25) is 0 Å². The lowest BCUT2D eigenvalue weighted by atomic mass is 9.71. The van der Waals surface area contributed by atoms with Crippen molar-refractivity contribution in [3.05, 3.63) is 49.6 Å². The van der Waals surface area contributed by atoms with E-state index in [0.717, 1.165) is 38.0 Å². The zero-order valence-electron chi connectivity index (χ0n) is 25.6. The minimum absolute atomic E-state index is 0.0504. The molecule has 1 spiro atoms. The summed E-state index contributed by atoms with van der Waals surface area (Å²) < 4.78 is 4.92. The number of ether oxygens (including phenoxy) is 1. The number of rotatable bonds is 16. The zero-order valence-corrected chi connectivity index (χ0v) is 28.0. The van der Waals surface area contributed by atoms with Gasteiger partial charge in [0.2, 0.25) is 5.91 Å². The highest BCUT2D eigenvalue weighted by Gasteiger charge is 2.76. The molecule has 3 saturated heterocycles. The maximum absolute atomic E-state index is 14.8. The molecule has 3 unspecified atom stereocenters. The molecule has 0 saturated carbocycles. The normalized spacial score (nSPS) is 28.0. The number of hydrogen-bond acceptors (Lipinski definition) is 7. The molecule has 43 heavy (non-hydrogen) atoms. The van der Waals surface area contributed by atoms with Crippen LogP contribution < -0.4 is 9.80 Å². The number of unbranched alkanes of at least 4 members (excludes halogenated alkanes) is 2. The molecule has 8 nitrogen and oxygen atoms in total. The zero-order chi connectivity index (χ0) is 31.3. The number of aliphatic hydroxyl groups is 1. The van der Waals surface area contributed by atoms with Gasteiger partial charge in [-0.15, -0.1) is 24.9 Å². The Balaban J connectivity index is 1.71. The molecule has 1 aromatic rings. The highest BCUT2D eigenvalue weighted by Crippen LogP contribution is 2.68. The highest BCUT2D eigenvalue weighted by atomic mass is 79.9. The Kier molecular flexibility index (Phi) is 11.4. The number of aliphatic hydroxyl groups excluding tert-OH is 1. The summed E-state index contributed by atoms with van der Waals surface area (Å²) >= 11 is 5.39. The van der Waals surface area contributed by atoms with E-state index in [1.165, 1.54) is 0 Å². The van der Waals surface area contributed by atoms with E-state index >= 15 is 0 Å². The van der Waals surface area contributed by atoms with Crippen molar-refractivity contribution in [1.29, 1.82) is 0 Å². The van der Waals surface area contributed by atoms with Crippen LogP contribution in [-0.4, -0.2) is 87.5 Å². The van der Waals surface area contributed by atoms with E-state index in [9.17, 15) is 19.5 Å². The first-order valence-corrected chi connectivity index (χ1v) is 17.3. The van der Waals surface area contributed by atoms with Gasteiger partial charge in [0.1, 0.15) is 6.04 Å². The number of hydrogen-bond donors (Lipinski definition) is 1. The predicted molar refractivity (Wildman–Crippen MR) is 178 cm³/mol. The molecule has 3 fully saturated rings. The number of alkyl halides is 1. The number of carbonyl (C=O) groups excluding carboxylic acids is 3. The third-order valence-corrected chi connectivity index (χ3v) is 12.4. The minimum Gasteiger partial charge on any atom is -0.465 e. The molecule has 0 aromatic heterocycles. The smallest absolute Gasteiger partial charge is 0.310 e. The van der Waals surface area contributed by atoms with Gasteiger partial charge >= 0.3 is 5.97 Å². The summed E-state index contributed by atoms with van der Waals surface area (Å²) in [5.74, 6) is -2.18. The van der Waals surface area contributed by atoms with E-state index in [0.29, 0.717) is 25.1 Å². The Labute approximate surface area is 269 Å². The van der Waals surface area contributed by atoms with E-state index in [2.05, 4.69) is 47.8 Å². The SMILES string of the molecule is C=CCCCCOC(=O)[C@H]1[C@H]2C(=O)N([C@@H](CC)CO)C(C(=O)N(CC=C)c3ccc(N(CC)CC)cc3)C23CC(Br)[C@@H]1S3. The molecule has 2 amide bonds. The van der Waals surface area contributed by atoms with Crippen molar-refractivity contribution in [3.8, 4) is 0 Å². The number of allylic oxidation sites excluding steroid dienone is 1. The van der Waals surface area contributed by atoms with Crippen molar-refractivity contribution in [2.24, 2.45) is 11.8 Å². The van der Waals surface area contributed by atoms with E-state index in [1.807, 2.05) is 37.3 Å². The Hall–Kier alpha value is -2.30. The number of carbonyl (C=O) groups is 3. The van der Waals surface area contributed by atoms with Crippen LogP contribution in [0.3, 0.4) is 0 Å². The van der Waals surface area contributed by atoms with E-state index in [1.54, 1.807) is 27.6 Å². The summed E-state index contributed by atoms with van der Waals surface area (Å²) in [6.07, 6.45) is 7.04.